The van der Waals surface area contributed by atoms with Crippen molar-refractivity contribution in [2.24, 2.45) is 0 Å². The molecular weight excluding hydrogens is 402 g/mol. The van der Waals surface area contributed by atoms with Gasteiger partial charge in [0.1, 0.15) is 0 Å². The third-order valence-electron chi connectivity index (χ3n) is 6.60. The molecule has 0 bridgehead atoms. The van der Waals surface area contributed by atoms with E-state index in [1.54, 1.807) is 12.3 Å². The number of nitrogens with one attached hydrogen (secondary N) is 1. The topological polar surface area (TPSA) is 67.2 Å². The third kappa shape index (κ3) is 4.23. The highest BCUT2D eigenvalue weighted by molar-refractivity contribution is 6.31. The molecular formula is C22H29ClN5O2+. The Labute approximate surface area is 182 Å². The second-order valence-electron chi connectivity index (χ2n) is 8.57. The van der Waals surface area contributed by atoms with Crippen molar-refractivity contribution < 1.29 is 14.1 Å². The van der Waals surface area contributed by atoms with E-state index in [0.717, 1.165) is 47.7 Å². The summed E-state index contributed by atoms with van der Waals surface area (Å²) in [6, 6.07) is 8.46. The summed E-state index contributed by atoms with van der Waals surface area (Å²) in [5.41, 5.74) is 2.48. The van der Waals surface area contributed by atoms with Gasteiger partial charge in [-0.2, -0.15) is 4.68 Å². The minimum absolute atomic E-state index is 0.131. The Kier molecular flexibility index (Phi) is 5.84. The maximum atomic E-state index is 12.8. The molecule has 30 heavy (non-hydrogen) atoms. The van der Waals surface area contributed by atoms with Crippen LogP contribution >= 0.6 is 11.6 Å². The van der Waals surface area contributed by atoms with Gasteiger partial charge in [0.25, 0.3) is 0 Å². The Morgan fingerprint density at radius 1 is 1.23 bits per heavy atom. The monoisotopic (exact) mass is 430 g/mol. The number of amides is 2. The van der Waals surface area contributed by atoms with Crippen LogP contribution in [-0.2, 0) is 11.2 Å². The van der Waals surface area contributed by atoms with Crippen molar-refractivity contribution >= 4 is 29.4 Å². The van der Waals surface area contributed by atoms with Gasteiger partial charge in [-0.05, 0) is 24.1 Å². The van der Waals surface area contributed by atoms with Gasteiger partial charge in [0, 0.05) is 43.5 Å². The highest BCUT2D eigenvalue weighted by atomic mass is 35.5. The normalized spacial score (nSPS) is 20.5. The van der Waals surface area contributed by atoms with E-state index in [0.29, 0.717) is 11.9 Å². The van der Waals surface area contributed by atoms with Crippen LogP contribution in [0.25, 0.3) is 0 Å². The largest absolute Gasteiger partial charge is 0.345 e. The minimum Gasteiger partial charge on any atom is -0.318 e. The number of benzene rings is 1. The molecule has 2 aliphatic rings. The van der Waals surface area contributed by atoms with Gasteiger partial charge in [0.15, 0.2) is 5.82 Å². The number of hydrogen-bond acceptors (Lipinski definition) is 3. The number of aryl methyl sites for hydroxylation is 1. The molecule has 1 spiro atoms. The van der Waals surface area contributed by atoms with Gasteiger partial charge in [0.05, 0.1) is 38.8 Å². The van der Waals surface area contributed by atoms with Crippen LogP contribution in [0, 0.1) is 6.92 Å². The Bertz CT molecular complexity index is 949. The second-order valence-corrected chi connectivity index (χ2v) is 8.98. The predicted molar refractivity (Wildman–Crippen MR) is 117 cm³/mol. The molecule has 7 nitrogen and oxygen atoms in total. The fourth-order valence-corrected chi connectivity index (χ4v) is 5.08. The van der Waals surface area contributed by atoms with Crippen molar-refractivity contribution in [3.05, 3.63) is 46.6 Å². The number of carbonyl (C=O) groups excluding carboxylic acids is 2. The summed E-state index contributed by atoms with van der Waals surface area (Å²) >= 11 is 6.19. The summed E-state index contributed by atoms with van der Waals surface area (Å²) in [4.78, 5) is 25.9. The van der Waals surface area contributed by atoms with Crippen LogP contribution in [0.1, 0.15) is 30.9 Å². The van der Waals surface area contributed by atoms with E-state index in [1.807, 2.05) is 11.0 Å². The quantitative estimate of drug-likeness (QED) is 0.759. The fraction of sp³-hybridized carbons (Fsp3) is 0.500. The molecule has 160 valence electrons. The number of nitrogens with zero attached hydrogens (tertiary/aromatic N) is 4. The van der Waals surface area contributed by atoms with E-state index in [2.05, 4.69) is 29.5 Å². The Morgan fingerprint density at radius 3 is 2.70 bits per heavy atom. The first-order valence-electron chi connectivity index (χ1n) is 10.6. The molecule has 2 amide bonds. The number of anilines is 1. The number of carbonyl (C=O) groups is 2. The van der Waals surface area contributed by atoms with Gasteiger partial charge in [-0.3, -0.25) is 4.79 Å². The average molecular weight is 431 g/mol. The molecule has 2 saturated heterocycles. The van der Waals surface area contributed by atoms with E-state index >= 15 is 0 Å². The number of piperazine rings is 1. The van der Waals surface area contributed by atoms with Gasteiger partial charge < -0.3 is 14.7 Å². The fourth-order valence-electron chi connectivity index (χ4n) is 4.97. The summed E-state index contributed by atoms with van der Waals surface area (Å²) in [5, 5.41) is 7.61. The number of quaternary nitrogens is 1. The number of rotatable bonds is 3. The van der Waals surface area contributed by atoms with E-state index < -0.39 is 0 Å². The van der Waals surface area contributed by atoms with Crippen LogP contribution in [0.3, 0.4) is 0 Å². The van der Waals surface area contributed by atoms with Crippen molar-refractivity contribution in [2.45, 2.75) is 39.2 Å². The van der Waals surface area contributed by atoms with Gasteiger partial charge in [-0.1, -0.05) is 23.7 Å². The molecule has 3 heterocycles. The zero-order chi connectivity index (χ0) is 21.3. The van der Waals surface area contributed by atoms with Gasteiger partial charge >= 0.3 is 6.03 Å². The molecule has 2 aromatic rings. The summed E-state index contributed by atoms with van der Waals surface area (Å²) in [6.45, 7) is 8.07. The molecule has 0 radical (unpaired) electrons. The molecule has 1 aromatic carbocycles. The first kappa shape index (κ1) is 20.9. The standard InChI is InChI=1S/C22H28ClN5O2/c1-16-14-18(5-6-20(16)23)15-19-4-3-11-28(19)12-9-26(10-13-28)22(30)27-8-7-21(25-27)24-17(2)29/h5-8,14,19H,3-4,9-13,15H2,1-2H3/p+1. The molecule has 8 heteroatoms. The lowest BCUT2D eigenvalue weighted by molar-refractivity contribution is -0.942. The zero-order valence-electron chi connectivity index (χ0n) is 17.6. The van der Waals surface area contributed by atoms with Crippen molar-refractivity contribution in [3.8, 4) is 0 Å². The maximum Gasteiger partial charge on any atom is 0.345 e. The molecule has 1 atom stereocenters. The maximum absolute atomic E-state index is 12.8. The Balaban J connectivity index is 1.39. The van der Waals surface area contributed by atoms with Gasteiger partial charge in [-0.25, -0.2) is 4.79 Å². The third-order valence-corrected chi connectivity index (χ3v) is 7.02. The lowest BCUT2D eigenvalue weighted by atomic mass is 10.00. The van der Waals surface area contributed by atoms with Crippen LogP contribution in [0.4, 0.5) is 10.6 Å². The Hall–Kier alpha value is -2.38. The summed E-state index contributed by atoms with van der Waals surface area (Å²) < 4.78 is 2.42. The highest BCUT2D eigenvalue weighted by Crippen LogP contribution is 2.32. The van der Waals surface area contributed by atoms with E-state index in [4.69, 9.17) is 11.6 Å². The van der Waals surface area contributed by atoms with Crippen molar-refractivity contribution in [1.29, 1.82) is 0 Å². The molecule has 0 saturated carbocycles. The molecule has 1 N–H and O–H groups in total. The number of halogens is 1. The van der Waals surface area contributed by atoms with E-state index in [-0.39, 0.29) is 11.9 Å². The minimum atomic E-state index is -0.201. The smallest absolute Gasteiger partial charge is 0.318 e. The lowest BCUT2D eigenvalue weighted by Gasteiger charge is -2.46. The lowest BCUT2D eigenvalue weighted by Crippen LogP contribution is -2.63. The Morgan fingerprint density at radius 2 is 2.00 bits per heavy atom. The summed E-state index contributed by atoms with van der Waals surface area (Å²) in [5.74, 6) is 0.197. The summed E-state index contributed by atoms with van der Waals surface area (Å²) in [7, 11) is 0. The zero-order valence-corrected chi connectivity index (χ0v) is 18.4. The van der Waals surface area contributed by atoms with Crippen LogP contribution in [-0.4, -0.2) is 69.9 Å². The van der Waals surface area contributed by atoms with Crippen LogP contribution in [0.5, 0.6) is 0 Å². The average Bonchev–Trinajstić information content (AvgIpc) is 3.32. The second kappa shape index (κ2) is 8.40. The van der Waals surface area contributed by atoms with Crippen LogP contribution in [0.2, 0.25) is 5.02 Å². The van der Waals surface area contributed by atoms with Crippen molar-refractivity contribution in [2.75, 3.05) is 38.0 Å². The molecule has 2 fully saturated rings. The first-order chi connectivity index (χ1) is 14.4. The van der Waals surface area contributed by atoms with Gasteiger partial charge in [-0.15, -0.1) is 5.10 Å². The number of aromatic nitrogens is 2. The van der Waals surface area contributed by atoms with Crippen molar-refractivity contribution in [3.63, 3.8) is 0 Å². The molecule has 1 aromatic heterocycles. The molecule has 1 unspecified atom stereocenters. The highest BCUT2D eigenvalue weighted by Gasteiger charge is 2.44. The number of hydrogen-bond donors (Lipinski definition) is 1. The van der Waals surface area contributed by atoms with Crippen molar-refractivity contribution in [1.82, 2.24) is 14.7 Å². The first-order valence-corrected chi connectivity index (χ1v) is 11.0. The van der Waals surface area contributed by atoms with E-state index in [9.17, 15) is 9.59 Å². The van der Waals surface area contributed by atoms with Crippen LogP contribution < -0.4 is 5.32 Å². The molecule has 4 rings (SSSR count). The van der Waals surface area contributed by atoms with Crippen LogP contribution in [0.15, 0.2) is 30.5 Å². The summed E-state index contributed by atoms with van der Waals surface area (Å²) in [6.07, 6.45) is 5.14. The van der Waals surface area contributed by atoms with E-state index in [1.165, 1.54) is 36.6 Å². The van der Waals surface area contributed by atoms with Gasteiger partial charge in [0.2, 0.25) is 5.91 Å². The SMILES string of the molecule is CC(=O)Nc1ccn(C(=O)N2CC[N+]3(CCCC3Cc3ccc(Cl)c(C)c3)CC2)n1. The molecule has 0 aliphatic carbocycles. The molecule has 2 aliphatic heterocycles. The predicted octanol–water partition coefficient (Wildman–Crippen LogP) is 3.31.